The Balaban J connectivity index is 1.38. The predicted octanol–water partition coefficient (Wildman–Crippen LogP) is 3.90. The van der Waals surface area contributed by atoms with Crippen molar-refractivity contribution >= 4 is 28.6 Å². The van der Waals surface area contributed by atoms with Crippen molar-refractivity contribution in [3.8, 4) is 5.75 Å². The highest BCUT2D eigenvalue weighted by Crippen LogP contribution is 2.28. The summed E-state index contributed by atoms with van der Waals surface area (Å²) in [5.41, 5.74) is 2.10. The van der Waals surface area contributed by atoms with Gasteiger partial charge in [0.2, 0.25) is 0 Å². The summed E-state index contributed by atoms with van der Waals surface area (Å²) in [7, 11) is 0. The fourth-order valence-electron chi connectivity index (χ4n) is 3.57. The number of anilines is 1. The van der Waals surface area contributed by atoms with E-state index >= 15 is 0 Å². The lowest BCUT2D eigenvalue weighted by Gasteiger charge is -2.35. The number of hydrogen-bond donors (Lipinski definition) is 0. The fourth-order valence-corrected chi connectivity index (χ4v) is 4.17. The second-order valence-electron chi connectivity index (χ2n) is 7.20. The normalized spacial score (nSPS) is 13.8. The Morgan fingerprint density at radius 1 is 1.16 bits per heavy atom. The summed E-state index contributed by atoms with van der Waals surface area (Å²) in [5, 5.41) is 14.2. The predicted molar refractivity (Wildman–Crippen MR) is 119 cm³/mol. The fraction of sp³-hybridized carbons (Fsp3) is 0.273. The Morgan fingerprint density at radius 3 is 2.65 bits per heavy atom. The third-order valence-electron chi connectivity index (χ3n) is 5.12. The Labute approximate surface area is 183 Å². The number of benzene rings is 2. The van der Waals surface area contributed by atoms with Gasteiger partial charge in [-0.3, -0.25) is 14.9 Å². The average Bonchev–Trinajstić information content (AvgIpc) is 3.22. The smallest absolute Gasteiger partial charge is 0.292 e. The molecule has 160 valence electrons. The summed E-state index contributed by atoms with van der Waals surface area (Å²) in [5.74, 6) is 0.548. The van der Waals surface area contributed by atoms with E-state index in [4.69, 9.17) is 4.74 Å². The minimum atomic E-state index is -0.370. The van der Waals surface area contributed by atoms with E-state index in [1.165, 1.54) is 6.07 Å². The molecule has 2 heterocycles. The van der Waals surface area contributed by atoms with E-state index in [0.717, 1.165) is 10.7 Å². The molecular formula is C22H22N4O4S. The molecule has 0 radical (unpaired) electrons. The van der Waals surface area contributed by atoms with Crippen LogP contribution in [-0.4, -0.2) is 46.9 Å². The summed E-state index contributed by atoms with van der Waals surface area (Å²) < 4.78 is 5.80. The van der Waals surface area contributed by atoms with Crippen LogP contribution < -0.4 is 9.64 Å². The maximum atomic E-state index is 13.0. The molecule has 4 rings (SSSR count). The van der Waals surface area contributed by atoms with Gasteiger partial charge in [0.05, 0.1) is 15.6 Å². The number of nitrogens with zero attached hydrogens (tertiary/aromatic N) is 4. The van der Waals surface area contributed by atoms with Crippen LogP contribution in [0.15, 0.2) is 53.9 Å². The zero-order valence-corrected chi connectivity index (χ0v) is 17.9. The van der Waals surface area contributed by atoms with Crippen LogP contribution in [0.3, 0.4) is 0 Å². The Hall–Kier alpha value is -3.46. The highest BCUT2D eigenvalue weighted by atomic mass is 32.1. The highest BCUT2D eigenvalue weighted by Gasteiger charge is 2.26. The molecule has 0 spiro atoms. The molecule has 3 aromatic rings. The maximum absolute atomic E-state index is 13.0. The molecule has 0 bridgehead atoms. The number of para-hydroxylation sites is 2. The number of nitro benzene ring substituents is 1. The van der Waals surface area contributed by atoms with Gasteiger partial charge in [-0.1, -0.05) is 18.2 Å². The Morgan fingerprint density at radius 2 is 1.94 bits per heavy atom. The van der Waals surface area contributed by atoms with Crippen LogP contribution in [0.1, 0.15) is 21.1 Å². The third kappa shape index (κ3) is 4.83. The molecule has 1 amide bonds. The van der Waals surface area contributed by atoms with Gasteiger partial charge >= 0.3 is 0 Å². The first-order chi connectivity index (χ1) is 15.0. The third-order valence-corrected chi connectivity index (χ3v) is 5.94. The molecule has 0 N–H and O–H groups in total. The molecule has 31 heavy (non-hydrogen) atoms. The summed E-state index contributed by atoms with van der Waals surface area (Å²) >= 11 is 1.57. The van der Waals surface area contributed by atoms with E-state index in [0.29, 0.717) is 49.8 Å². The minimum Gasteiger partial charge on any atom is -0.487 e. The molecule has 1 aromatic heterocycles. The number of carbonyl (C=O) groups excluding carboxylic acids is 1. The van der Waals surface area contributed by atoms with E-state index < -0.39 is 0 Å². The van der Waals surface area contributed by atoms with Crippen LogP contribution in [0.4, 0.5) is 11.4 Å². The summed E-state index contributed by atoms with van der Waals surface area (Å²) in [6, 6.07) is 13.9. The van der Waals surface area contributed by atoms with E-state index in [-0.39, 0.29) is 16.5 Å². The van der Waals surface area contributed by atoms with Gasteiger partial charge in [-0.25, -0.2) is 4.98 Å². The molecular weight excluding hydrogens is 416 g/mol. The van der Waals surface area contributed by atoms with Crippen LogP contribution in [0.5, 0.6) is 5.75 Å². The number of piperazine rings is 1. The standard InChI is InChI=1S/C22H22N4O4S/c1-16-23-18(15-31-16)14-30-19-6-4-5-17(13-19)22(27)25-11-9-24(10-12-25)20-7-2-3-8-21(20)26(28)29/h2-8,13,15H,9-12,14H2,1H3. The lowest BCUT2D eigenvalue weighted by atomic mass is 10.1. The zero-order valence-electron chi connectivity index (χ0n) is 17.1. The van der Waals surface area contributed by atoms with Gasteiger partial charge in [0.25, 0.3) is 11.6 Å². The zero-order chi connectivity index (χ0) is 21.8. The van der Waals surface area contributed by atoms with Crippen LogP contribution in [0.25, 0.3) is 0 Å². The molecule has 2 aromatic carbocycles. The van der Waals surface area contributed by atoms with Gasteiger partial charge in [0, 0.05) is 43.2 Å². The second-order valence-corrected chi connectivity index (χ2v) is 8.26. The monoisotopic (exact) mass is 438 g/mol. The van der Waals surface area contributed by atoms with Gasteiger partial charge in [0.15, 0.2) is 0 Å². The first kappa shape index (κ1) is 20.8. The SMILES string of the molecule is Cc1nc(COc2cccc(C(=O)N3CCN(c4ccccc4[N+](=O)[O-])CC3)c2)cs1. The number of nitro groups is 1. The van der Waals surface area contributed by atoms with Crippen molar-refractivity contribution in [1.29, 1.82) is 0 Å². The molecule has 0 atom stereocenters. The van der Waals surface area contributed by atoms with Gasteiger partial charge in [0.1, 0.15) is 18.0 Å². The number of aryl methyl sites for hydroxylation is 1. The lowest BCUT2D eigenvalue weighted by molar-refractivity contribution is -0.384. The Bertz CT molecular complexity index is 1090. The first-order valence-corrected chi connectivity index (χ1v) is 10.8. The number of carbonyl (C=O) groups is 1. The minimum absolute atomic E-state index is 0.0721. The summed E-state index contributed by atoms with van der Waals surface area (Å²) in [4.78, 5) is 32.0. The Kier molecular flexibility index (Phi) is 6.13. The number of hydrogen-bond acceptors (Lipinski definition) is 7. The van der Waals surface area contributed by atoms with Crippen molar-refractivity contribution in [2.75, 3.05) is 31.1 Å². The van der Waals surface area contributed by atoms with Crippen molar-refractivity contribution in [3.63, 3.8) is 0 Å². The quantitative estimate of drug-likeness (QED) is 0.428. The lowest BCUT2D eigenvalue weighted by Crippen LogP contribution is -2.48. The van der Waals surface area contributed by atoms with Gasteiger partial charge in [-0.15, -0.1) is 11.3 Å². The van der Waals surface area contributed by atoms with Crippen LogP contribution in [-0.2, 0) is 6.61 Å². The number of aromatic nitrogens is 1. The number of thiazole rings is 1. The van der Waals surface area contributed by atoms with Gasteiger partial charge in [-0.05, 0) is 31.2 Å². The van der Waals surface area contributed by atoms with Crippen LogP contribution in [0.2, 0.25) is 0 Å². The summed E-state index contributed by atoms with van der Waals surface area (Å²) in [6.45, 7) is 4.37. The molecule has 1 aliphatic heterocycles. The van der Waals surface area contributed by atoms with E-state index in [9.17, 15) is 14.9 Å². The molecule has 1 fully saturated rings. The largest absolute Gasteiger partial charge is 0.487 e. The molecule has 8 nitrogen and oxygen atoms in total. The molecule has 1 saturated heterocycles. The number of ether oxygens (including phenoxy) is 1. The maximum Gasteiger partial charge on any atom is 0.292 e. The van der Waals surface area contributed by atoms with Crippen molar-refractivity contribution in [2.45, 2.75) is 13.5 Å². The average molecular weight is 439 g/mol. The van der Waals surface area contributed by atoms with Crippen LogP contribution in [0, 0.1) is 17.0 Å². The number of rotatable bonds is 6. The van der Waals surface area contributed by atoms with E-state index in [2.05, 4.69) is 4.98 Å². The van der Waals surface area contributed by atoms with Gasteiger partial charge < -0.3 is 14.5 Å². The van der Waals surface area contributed by atoms with E-state index in [1.807, 2.05) is 23.3 Å². The second kappa shape index (κ2) is 9.13. The van der Waals surface area contributed by atoms with E-state index in [1.54, 1.807) is 52.6 Å². The number of amides is 1. The topological polar surface area (TPSA) is 88.8 Å². The molecule has 1 aliphatic rings. The molecule has 0 aliphatic carbocycles. The van der Waals surface area contributed by atoms with Crippen LogP contribution >= 0.6 is 11.3 Å². The highest BCUT2D eigenvalue weighted by molar-refractivity contribution is 7.09. The van der Waals surface area contributed by atoms with Crippen molar-refractivity contribution in [2.24, 2.45) is 0 Å². The van der Waals surface area contributed by atoms with Gasteiger partial charge in [-0.2, -0.15) is 0 Å². The molecule has 0 unspecified atom stereocenters. The van der Waals surface area contributed by atoms with Crippen molar-refractivity contribution in [3.05, 3.63) is 80.3 Å². The summed E-state index contributed by atoms with van der Waals surface area (Å²) in [6.07, 6.45) is 0. The van der Waals surface area contributed by atoms with Crippen molar-refractivity contribution < 1.29 is 14.5 Å². The molecule has 0 saturated carbocycles. The van der Waals surface area contributed by atoms with Crippen molar-refractivity contribution in [1.82, 2.24) is 9.88 Å². The molecule has 9 heteroatoms. The first-order valence-electron chi connectivity index (χ1n) is 9.93.